The summed E-state index contributed by atoms with van der Waals surface area (Å²) in [5, 5.41) is 28.1. The van der Waals surface area contributed by atoms with Gasteiger partial charge < -0.3 is 19.7 Å². The minimum absolute atomic E-state index is 0.0746. The minimum Gasteiger partial charge on any atom is -0.507 e. The van der Waals surface area contributed by atoms with Crippen LogP contribution in [0.5, 0.6) is 23.0 Å². The van der Waals surface area contributed by atoms with Crippen molar-refractivity contribution in [1.82, 2.24) is 14.8 Å². The number of aromatic nitrogens is 3. The fraction of sp³-hybridized carbons (Fsp3) is 0.263. The second-order valence-electron chi connectivity index (χ2n) is 6.71. The predicted octanol–water partition coefficient (Wildman–Crippen LogP) is 2.53. The quantitative estimate of drug-likeness (QED) is 0.477. The summed E-state index contributed by atoms with van der Waals surface area (Å²) in [5.41, 5.74) is 0.576. The standard InChI is InChI=1S/C19H21N3O7S/c1-11(2)29-13-6-4-5-12(7-13)22-18(10-30(25,26)27)20-21-19(22)14-8-17(28-3)16(24)9-15(14)23/h4-9,11,23-24H,10H2,1-3H3,(H,25,26,27). The van der Waals surface area contributed by atoms with Gasteiger partial charge >= 0.3 is 0 Å². The van der Waals surface area contributed by atoms with Gasteiger partial charge in [-0.05, 0) is 32.0 Å². The van der Waals surface area contributed by atoms with Crippen LogP contribution in [0.25, 0.3) is 17.1 Å². The summed E-state index contributed by atoms with van der Waals surface area (Å²) in [4.78, 5) is 0. The van der Waals surface area contributed by atoms with Gasteiger partial charge in [-0.3, -0.25) is 9.12 Å². The highest BCUT2D eigenvalue weighted by atomic mass is 32.2. The normalized spacial score (nSPS) is 11.6. The molecule has 0 aliphatic heterocycles. The summed E-state index contributed by atoms with van der Waals surface area (Å²) >= 11 is 0. The van der Waals surface area contributed by atoms with Gasteiger partial charge in [0.05, 0.1) is 24.5 Å². The third-order valence-electron chi connectivity index (χ3n) is 4.03. The lowest BCUT2D eigenvalue weighted by Gasteiger charge is -2.15. The Kier molecular flexibility index (Phi) is 5.85. The fourth-order valence-electron chi connectivity index (χ4n) is 2.89. The zero-order valence-corrected chi connectivity index (χ0v) is 17.3. The van der Waals surface area contributed by atoms with Gasteiger partial charge in [0.25, 0.3) is 10.1 Å². The molecule has 0 saturated heterocycles. The van der Waals surface area contributed by atoms with E-state index in [2.05, 4.69) is 10.2 Å². The Morgan fingerprint density at radius 2 is 1.83 bits per heavy atom. The van der Waals surface area contributed by atoms with Crippen LogP contribution in [0.15, 0.2) is 36.4 Å². The first-order chi connectivity index (χ1) is 14.1. The van der Waals surface area contributed by atoms with E-state index in [1.807, 2.05) is 13.8 Å². The Bertz CT molecular complexity index is 1170. The molecule has 0 aliphatic rings. The highest BCUT2D eigenvalue weighted by molar-refractivity contribution is 7.84. The van der Waals surface area contributed by atoms with E-state index < -0.39 is 15.9 Å². The van der Waals surface area contributed by atoms with Gasteiger partial charge in [0.15, 0.2) is 23.1 Å². The number of nitrogens with zero attached hydrogens (tertiary/aromatic N) is 3. The molecule has 0 saturated carbocycles. The molecule has 0 fully saturated rings. The molecule has 0 radical (unpaired) electrons. The van der Waals surface area contributed by atoms with Crippen molar-refractivity contribution in [3.05, 3.63) is 42.2 Å². The predicted molar refractivity (Wildman–Crippen MR) is 108 cm³/mol. The van der Waals surface area contributed by atoms with E-state index in [1.54, 1.807) is 24.3 Å². The second kappa shape index (κ2) is 8.20. The molecule has 30 heavy (non-hydrogen) atoms. The Labute approximate surface area is 173 Å². The van der Waals surface area contributed by atoms with Gasteiger partial charge in [0.1, 0.15) is 17.3 Å². The fourth-order valence-corrected chi connectivity index (χ4v) is 3.40. The van der Waals surface area contributed by atoms with Crippen LogP contribution in [0.1, 0.15) is 19.7 Å². The molecule has 0 aliphatic carbocycles. The first-order valence-electron chi connectivity index (χ1n) is 8.86. The number of phenols is 2. The molecule has 10 nitrogen and oxygen atoms in total. The maximum Gasteiger partial charge on any atom is 0.272 e. The number of hydrogen-bond donors (Lipinski definition) is 3. The maximum atomic E-state index is 11.5. The number of hydrogen-bond acceptors (Lipinski definition) is 8. The van der Waals surface area contributed by atoms with Gasteiger partial charge in [0, 0.05) is 12.1 Å². The zero-order valence-electron chi connectivity index (χ0n) is 16.5. The molecule has 2 aromatic carbocycles. The lowest BCUT2D eigenvalue weighted by molar-refractivity contribution is 0.242. The smallest absolute Gasteiger partial charge is 0.272 e. The van der Waals surface area contributed by atoms with Crippen molar-refractivity contribution < 1.29 is 32.7 Å². The van der Waals surface area contributed by atoms with E-state index in [-0.39, 0.29) is 40.6 Å². The highest BCUT2D eigenvalue weighted by Crippen LogP contribution is 2.39. The molecule has 3 N–H and O–H groups in total. The van der Waals surface area contributed by atoms with Crippen LogP contribution in [0.4, 0.5) is 0 Å². The van der Waals surface area contributed by atoms with Gasteiger partial charge in [-0.2, -0.15) is 8.42 Å². The average Bonchev–Trinajstić information content (AvgIpc) is 3.03. The number of benzene rings is 2. The van der Waals surface area contributed by atoms with Crippen molar-refractivity contribution in [2.24, 2.45) is 0 Å². The summed E-state index contributed by atoms with van der Waals surface area (Å²) in [6, 6.07) is 9.17. The van der Waals surface area contributed by atoms with Gasteiger partial charge in [0.2, 0.25) is 0 Å². The summed E-state index contributed by atoms with van der Waals surface area (Å²) in [7, 11) is -3.07. The third kappa shape index (κ3) is 4.63. The topological polar surface area (TPSA) is 144 Å². The second-order valence-corrected chi connectivity index (χ2v) is 8.16. The molecule has 0 bridgehead atoms. The van der Waals surface area contributed by atoms with Crippen molar-refractivity contribution in [3.63, 3.8) is 0 Å². The molecule has 1 heterocycles. The number of aromatic hydroxyl groups is 2. The average molecular weight is 435 g/mol. The Morgan fingerprint density at radius 1 is 1.10 bits per heavy atom. The Morgan fingerprint density at radius 3 is 2.47 bits per heavy atom. The Balaban J connectivity index is 2.24. The molecule has 160 valence electrons. The van der Waals surface area contributed by atoms with Crippen molar-refractivity contribution in [1.29, 1.82) is 0 Å². The number of rotatable bonds is 7. The lowest BCUT2D eigenvalue weighted by Crippen LogP contribution is -2.10. The Hall–Kier alpha value is -3.31. The monoisotopic (exact) mass is 435 g/mol. The van der Waals surface area contributed by atoms with E-state index in [4.69, 9.17) is 9.47 Å². The number of ether oxygens (including phenoxy) is 2. The molecular weight excluding hydrogens is 414 g/mol. The van der Waals surface area contributed by atoms with E-state index in [0.717, 1.165) is 6.07 Å². The molecule has 3 rings (SSSR count). The van der Waals surface area contributed by atoms with E-state index >= 15 is 0 Å². The molecule has 11 heteroatoms. The van der Waals surface area contributed by atoms with Crippen LogP contribution in [-0.2, 0) is 15.9 Å². The van der Waals surface area contributed by atoms with Gasteiger partial charge in [-0.1, -0.05) is 6.07 Å². The molecule has 0 amide bonds. The van der Waals surface area contributed by atoms with E-state index in [1.165, 1.54) is 17.7 Å². The van der Waals surface area contributed by atoms with Crippen molar-refractivity contribution in [2.45, 2.75) is 25.7 Å². The summed E-state index contributed by atoms with van der Waals surface area (Å²) in [6.07, 6.45) is -0.0941. The van der Waals surface area contributed by atoms with Crippen molar-refractivity contribution in [2.75, 3.05) is 7.11 Å². The first kappa shape index (κ1) is 21.4. The lowest BCUT2D eigenvalue weighted by atomic mass is 10.1. The largest absolute Gasteiger partial charge is 0.507 e. The first-order valence-corrected chi connectivity index (χ1v) is 10.5. The molecule has 3 aromatic rings. The maximum absolute atomic E-state index is 11.5. The SMILES string of the molecule is COc1cc(-c2nnc(CS(=O)(=O)O)n2-c2cccc(OC(C)C)c2)c(O)cc1O. The van der Waals surface area contributed by atoms with Crippen LogP contribution in [0.3, 0.4) is 0 Å². The third-order valence-corrected chi connectivity index (χ3v) is 4.65. The number of methoxy groups -OCH3 is 1. The summed E-state index contributed by atoms with van der Waals surface area (Å²) in [5.74, 6) is -0.819. The molecule has 0 atom stereocenters. The molecule has 0 spiro atoms. The molecular formula is C19H21N3O7S. The summed E-state index contributed by atoms with van der Waals surface area (Å²) < 4.78 is 44.5. The van der Waals surface area contributed by atoms with Crippen LogP contribution in [0, 0.1) is 0 Å². The van der Waals surface area contributed by atoms with E-state index in [9.17, 15) is 23.2 Å². The van der Waals surface area contributed by atoms with Crippen LogP contribution in [0.2, 0.25) is 0 Å². The summed E-state index contributed by atoms with van der Waals surface area (Å²) in [6.45, 7) is 3.72. The van der Waals surface area contributed by atoms with Gasteiger partial charge in [-0.25, -0.2) is 0 Å². The molecule has 0 unspecified atom stereocenters. The zero-order chi connectivity index (χ0) is 22.1. The molecule has 1 aromatic heterocycles. The minimum atomic E-state index is -4.42. The van der Waals surface area contributed by atoms with E-state index in [0.29, 0.717) is 11.4 Å². The van der Waals surface area contributed by atoms with Crippen molar-refractivity contribution >= 4 is 10.1 Å². The number of phenolic OH excluding ortho intramolecular Hbond substituents is 2. The highest BCUT2D eigenvalue weighted by Gasteiger charge is 2.23. The van der Waals surface area contributed by atoms with Crippen LogP contribution < -0.4 is 9.47 Å². The van der Waals surface area contributed by atoms with Crippen LogP contribution in [-0.4, -0.2) is 51.2 Å². The van der Waals surface area contributed by atoms with Gasteiger partial charge in [-0.15, -0.1) is 10.2 Å². The van der Waals surface area contributed by atoms with Crippen molar-refractivity contribution in [3.8, 4) is 40.1 Å². The van der Waals surface area contributed by atoms with Crippen LogP contribution >= 0.6 is 0 Å².